The Hall–Kier alpha value is -3.69. The summed E-state index contributed by atoms with van der Waals surface area (Å²) in [5.41, 5.74) is -0.184. The Bertz CT molecular complexity index is 1290. The van der Waals surface area contributed by atoms with Crippen LogP contribution >= 0.6 is 0 Å². The van der Waals surface area contributed by atoms with Crippen LogP contribution in [-0.2, 0) is 14.1 Å². The number of fused-ring (bicyclic) bond motifs is 3. The van der Waals surface area contributed by atoms with E-state index >= 15 is 0 Å². The molecule has 3 aromatic heterocycles. The van der Waals surface area contributed by atoms with Crippen molar-refractivity contribution in [2.75, 3.05) is 0 Å². The predicted molar refractivity (Wildman–Crippen MR) is 87.5 cm³/mol. The van der Waals surface area contributed by atoms with Gasteiger partial charge in [-0.25, -0.2) is 4.79 Å². The van der Waals surface area contributed by atoms with Gasteiger partial charge in [0.05, 0.1) is 11.1 Å². The summed E-state index contributed by atoms with van der Waals surface area (Å²) in [6, 6.07) is 5.94. The van der Waals surface area contributed by atoms with Crippen molar-refractivity contribution in [1.82, 2.24) is 18.5 Å². The maximum atomic E-state index is 12.4. The van der Waals surface area contributed by atoms with Crippen molar-refractivity contribution in [3.05, 3.63) is 61.4 Å². The number of oxazole rings is 1. The van der Waals surface area contributed by atoms with Gasteiger partial charge in [0.2, 0.25) is 0 Å². The van der Waals surface area contributed by atoms with Crippen molar-refractivity contribution in [3.63, 3.8) is 0 Å². The maximum absolute atomic E-state index is 12.4. The smallest absolute Gasteiger partial charge is 0.332 e. The molecular formula is C15H11N5O5. The normalized spacial score (nSPS) is 11.4. The number of aryl methyl sites for hydroxylation is 1. The Kier molecular flexibility index (Phi) is 2.92. The van der Waals surface area contributed by atoms with Crippen molar-refractivity contribution in [3.8, 4) is 11.3 Å². The second kappa shape index (κ2) is 4.90. The number of non-ortho nitro benzene ring substituents is 1. The highest BCUT2D eigenvalue weighted by atomic mass is 16.6. The van der Waals surface area contributed by atoms with Gasteiger partial charge in [0.15, 0.2) is 16.9 Å². The third-order valence-electron chi connectivity index (χ3n) is 4.05. The average Bonchev–Trinajstić information content (AvgIpc) is 3.16. The van der Waals surface area contributed by atoms with Crippen molar-refractivity contribution in [1.29, 1.82) is 0 Å². The third-order valence-corrected chi connectivity index (χ3v) is 4.05. The maximum Gasteiger partial charge on any atom is 0.332 e. The first-order valence-corrected chi connectivity index (χ1v) is 7.21. The van der Waals surface area contributed by atoms with E-state index in [9.17, 15) is 19.7 Å². The van der Waals surface area contributed by atoms with Gasteiger partial charge in [-0.3, -0.25) is 28.4 Å². The van der Waals surface area contributed by atoms with Gasteiger partial charge in [0, 0.05) is 31.8 Å². The number of hydrogen-bond acceptors (Lipinski definition) is 6. The van der Waals surface area contributed by atoms with Gasteiger partial charge in [0.1, 0.15) is 0 Å². The van der Waals surface area contributed by atoms with Gasteiger partial charge in [-0.15, -0.1) is 0 Å². The SMILES string of the molecule is Cn1c(=O)c2c(nc3oc(-c4cccc([N+](=O)[O-])c4)cn32)n(C)c1=O. The second-order valence-electron chi connectivity index (χ2n) is 5.55. The minimum absolute atomic E-state index is 0.0743. The highest BCUT2D eigenvalue weighted by molar-refractivity contribution is 5.76. The fraction of sp³-hybridized carbons (Fsp3) is 0.133. The van der Waals surface area contributed by atoms with Crippen LogP contribution in [0.5, 0.6) is 0 Å². The number of aromatic nitrogens is 4. The number of hydrogen-bond donors (Lipinski definition) is 0. The molecule has 0 saturated heterocycles. The molecule has 0 aliphatic carbocycles. The van der Waals surface area contributed by atoms with E-state index < -0.39 is 16.2 Å². The lowest BCUT2D eigenvalue weighted by molar-refractivity contribution is -0.384. The van der Waals surface area contributed by atoms with Crippen molar-refractivity contribution < 1.29 is 9.34 Å². The molecule has 0 fully saturated rings. The second-order valence-corrected chi connectivity index (χ2v) is 5.55. The van der Waals surface area contributed by atoms with E-state index in [4.69, 9.17) is 4.42 Å². The molecular weight excluding hydrogens is 330 g/mol. The summed E-state index contributed by atoms with van der Waals surface area (Å²) in [7, 11) is 2.89. The Balaban J connectivity index is 2.02. The molecule has 126 valence electrons. The Morgan fingerprint density at radius 1 is 1.20 bits per heavy atom. The largest absolute Gasteiger partial charge is 0.423 e. The number of benzene rings is 1. The molecule has 1 aromatic carbocycles. The van der Waals surface area contributed by atoms with E-state index in [1.165, 1.54) is 41.4 Å². The summed E-state index contributed by atoms with van der Waals surface area (Å²) in [5.74, 6) is 0.443. The van der Waals surface area contributed by atoms with Crippen LogP contribution in [-0.4, -0.2) is 23.4 Å². The zero-order chi connectivity index (χ0) is 17.9. The van der Waals surface area contributed by atoms with Gasteiger partial charge < -0.3 is 4.42 Å². The molecule has 25 heavy (non-hydrogen) atoms. The fourth-order valence-corrected chi connectivity index (χ4v) is 2.73. The zero-order valence-corrected chi connectivity index (χ0v) is 13.2. The molecule has 0 aliphatic rings. The Labute approximate surface area is 138 Å². The molecule has 0 bridgehead atoms. The summed E-state index contributed by atoms with van der Waals surface area (Å²) in [5, 5.41) is 10.9. The lowest BCUT2D eigenvalue weighted by Gasteiger charge is -2.02. The van der Waals surface area contributed by atoms with Crippen LogP contribution in [0.25, 0.3) is 28.3 Å². The third kappa shape index (κ3) is 2.00. The number of nitro groups is 1. The molecule has 0 N–H and O–H groups in total. The van der Waals surface area contributed by atoms with Crippen LogP contribution in [0.2, 0.25) is 0 Å². The molecule has 0 spiro atoms. The van der Waals surface area contributed by atoms with Crippen LogP contribution in [0.3, 0.4) is 0 Å². The lowest BCUT2D eigenvalue weighted by atomic mass is 10.1. The van der Waals surface area contributed by atoms with Crippen LogP contribution in [0.1, 0.15) is 0 Å². The summed E-state index contributed by atoms with van der Waals surface area (Å²) >= 11 is 0. The predicted octanol–water partition coefficient (Wildman–Crippen LogP) is 1.05. The molecule has 0 atom stereocenters. The zero-order valence-electron chi connectivity index (χ0n) is 13.2. The van der Waals surface area contributed by atoms with Crippen LogP contribution in [0, 0.1) is 10.1 Å². The topological polar surface area (TPSA) is 118 Å². The number of nitro benzene ring substituents is 1. The van der Waals surface area contributed by atoms with Gasteiger partial charge >= 0.3 is 11.5 Å². The average molecular weight is 341 g/mol. The highest BCUT2D eigenvalue weighted by Gasteiger charge is 2.19. The molecule has 0 amide bonds. The van der Waals surface area contributed by atoms with Crippen molar-refractivity contribution in [2.45, 2.75) is 0 Å². The van der Waals surface area contributed by atoms with Crippen LogP contribution in [0.4, 0.5) is 5.69 Å². The highest BCUT2D eigenvalue weighted by Crippen LogP contribution is 2.27. The van der Waals surface area contributed by atoms with E-state index in [1.807, 2.05) is 0 Å². The molecule has 4 rings (SSSR count). The summed E-state index contributed by atoms with van der Waals surface area (Å²) in [6.45, 7) is 0. The van der Waals surface area contributed by atoms with Crippen molar-refractivity contribution >= 4 is 22.7 Å². The first-order chi connectivity index (χ1) is 11.9. The van der Waals surface area contributed by atoms with Crippen molar-refractivity contribution in [2.24, 2.45) is 14.1 Å². The first-order valence-electron chi connectivity index (χ1n) is 7.21. The molecule has 0 saturated carbocycles. The van der Waals surface area contributed by atoms with E-state index in [0.717, 1.165) is 4.57 Å². The fourth-order valence-electron chi connectivity index (χ4n) is 2.73. The van der Waals surface area contributed by atoms with Gasteiger partial charge in [-0.05, 0) is 0 Å². The summed E-state index contributed by atoms with van der Waals surface area (Å²) in [4.78, 5) is 39.0. The lowest BCUT2D eigenvalue weighted by Crippen LogP contribution is -2.37. The summed E-state index contributed by atoms with van der Waals surface area (Å²) < 4.78 is 9.30. The van der Waals surface area contributed by atoms with E-state index in [-0.39, 0.29) is 22.7 Å². The molecule has 3 heterocycles. The molecule has 0 unspecified atom stereocenters. The minimum atomic E-state index is -0.503. The molecule has 4 aromatic rings. The molecule has 10 nitrogen and oxygen atoms in total. The molecule has 10 heteroatoms. The number of nitrogens with zero attached hydrogens (tertiary/aromatic N) is 5. The number of imidazole rings is 1. The van der Waals surface area contributed by atoms with Crippen LogP contribution in [0.15, 0.2) is 44.5 Å². The Morgan fingerprint density at radius 3 is 2.68 bits per heavy atom. The monoisotopic (exact) mass is 341 g/mol. The van der Waals surface area contributed by atoms with E-state index in [1.54, 1.807) is 12.1 Å². The molecule has 0 aliphatic heterocycles. The number of rotatable bonds is 2. The van der Waals surface area contributed by atoms with E-state index in [0.29, 0.717) is 11.3 Å². The molecule has 0 radical (unpaired) electrons. The van der Waals surface area contributed by atoms with E-state index in [2.05, 4.69) is 4.98 Å². The quantitative estimate of drug-likeness (QED) is 0.397. The minimum Gasteiger partial charge on any atom is -0.423 e. The van der Waals surface area contributed by atoms with Gasteiger partial charge in [-0.1, -0.05) is 12.1 Å². The van der Waals surface area contributed by atoms with Crippen LogP contribution < -0.4 is 11.2 Å². The van der Waals surface area contributed by atoms with Gasteiger partial charge in [0.25, 0.3) is 11.2 Å². The van der Waals surface area contributed by atoms with Gasteiger partial charge in [-0.2, -0.15) is 4.98 Å². The Morgan fingerprint density at radius 2 is 1.96 bits per heavy atom. The summed E-state index contributed by atoms with van der Waals surface area (Å²) in [6.07, 6.45) is 1.52. The first kappa shape index (κ1) is 14.9. The standard InChI is InChI=1S/C15H11N5O5/c1-17-12-11(13(21)18(2)15(17)22)19-7-10(25-14(19)16-12)8-4-3-5-9(6-8)20(23)24/h3-7H,1-2H3.